The molecule has 1 aliphatic carbocycles. The molecule has 232 valence electrons. The number of carboxylic acids is 1. The number of ether oxygens (including phenoxy) is 1. The van der Waals surface area contributed by atoms with E-state index in [2.05, 4.69) is 38.2 Å². The van der Waals surface area contributed by atoms with Gasteiger partial charge in [-0.05, 0) is 112 Å². The second-order valence-corrected chi connectivity index (χ2v) is 12.9. The first-order valence-corrected chi connectivity index (χ1v) is 15.9. The third-order valence-corrected chi connectivity index (χ3v) is 9.62. The Hall–Kier alpha value is -3.23. The normalized spacial score (nSPS) is 22.3. The molecule has 0 spiro atoms. The van der Waals surface area contributed by atoms with Crippen LogP contribution in [0.3, 0.4) is 0 Å². The molecule has 8 heteroatoms. The molecule has 43 heavy (non-hydrogen) atoms. The molecule has 3 unspecified atom stereocenters. The SMILES string of the molecule is CCOc1ccc(Cc2cc(C3CCN(CC4CC(N(C)[C@@H](C(=O)O)C(C)C)CC4c4cccc(F)c4)CC3)n[nH]2)cc1. The van der Waals surface area contributed by atoms with Crippen LogP contribution in [0.15, 0.2) is 54.6 Å². The summed E-state index contributed by atoms with van der Waals surface area (Å²) in [6.07, 6.45) is 4.70. The zero-order valence-electron chi connectivity index (χ0n) is 26.0. The fraction of sp³-hybridized carbons (Fsp3) is 0.543. The molecule has 3 aromatic rings. The van der Waals surface area contributed by atoms with Crippen LogP contribution in [-0.2, 0) is 11.2 Å². The van der Waals surface area contributed by atoms with Gasteiger partial charge in [0.2, 0.25) is 0 Å². The first-order chi connectivity index (χ1) is 20.7. The molecule has 1 saturated heterocycles. The van der Waals surface area contributed by atoms with E-state index in [0.717, 1.165) is 74.4 Å². The number of aromatic amines is 1. The molecule has 2 heterocycles. The second-order valence-electron chi connectivity index (χ2n) is 12.9. The molecule has 1 saturated carbocycles. The summed E-state index contributed by atoms with van der Waals surface area (Å²) in [5.41, 5.74) is 4.53. The Morgan fingerprint density at radius 2 is 1.88 bits per heavy atom. The summed E-state index contributed by atoms with van der Waals surface area (Å²) in [6, 6.07) is 17.1. The second kappa shape index (κ2) is 14.0. The predicted octanol–water partition coefficient (Wildman–Crippen LogP) is 6.32. The fourth-order valence-corrected chi connectivity index (χ4v) is 7.44. The van der Waals surface area contributed by atoms with Gasteiger partial charge in [0.25, 0.3) is 0 Å². The average Bonchev–Trinajstić information content (AvgIpc) is 3.62. The molecule has 2 aromatic carbocycles. The zero-order chi connectivity index (χ0) is 30.5. The van der Waals surface area contributed by atoms with Gasteiger partial charge in [-0.3, -0.25) is 14.8 Å². The number of nitrogens with one attached hydrogen (secondary N) is 1. The molecule has 2 aliphatic rings. The number of benzene rings is 2. The van der Waals surface area contributed by atoms with Crippen molar-refractivity contribution in [1.29, 1.82) is 0 Å². The molecule has 0 radical (unpaired) electrons. The van der Waals surface area contributed by atoms with Crippen LogP contribution in [0.25, 0.3) is 0 Å². The topological polar surface area (TPSA) is 81.7 Å². The van der Waals surface area contributed by atoms with Crippen LogP contribution < -0.4 is 4.74 Å². The van der Waals surface area contributed by atoms with E-state index in [4.69, 9.17) is 4.74 Å². The molecular formula is C35H47FN4O3. The Balaban J connectivity index is 1.20. The summed E-state index contributed by atoms with van der Waals surface area (Å²) in [6.45, 7) is 9.55. The monoisotopic (exact) mass is 590 g/mol. The van der Waals surface area contributed by atoms with Crippen LogP contribution in [0.4, 0.5) is 4.39 Å². The maximum Gasteiger partial charge on any atom is 0.321 e. The lowest BCUT2D eigenvalue weighted by Crippen LogP contribution is -2.47. The van der Waals surface area contributed by atoms with Crippen molar-refractivity contribution in [3.05, 3.63) is 82.9 Å². The van der Waals surface area contributed by atoms with E-state index < -0.39 is 12.0 Å². The summed E-state index contributed by atoms with van der Waals surface area (Å²) >= 11 is 0. The average molecular weight is 591 g/mol. The number of carboxylic acid groups (broad SMARTS) is 1. The molecular weight excluding hydrogens is 543 g/mol. The van der Waals surface area contributed by atoms with Crippen molar-refractivity contribution < 1.29 is 19.0 Å². The van der Waals surface area contributed by atoms with Crippen molar-refractivity contribution >= 4 is 5.97 Å². The third-order valence-electron chi connectivity index (χ3n) is 9.62. The highest BCUT2D eigenvalue weighted by Crippen LogP contribution is 2.43. The van der Waals surface area contributed by atoms with Crippen molar-refractivity contribution in [2.75, 3.05) is 33.3 Å². The minimum atomic E-state index is -0.772. The van der Waals surface area contributed by atoms with Crippen molar-refractivity contribution in [3.8, 4) is 5.75 Å². The molecule has 0 bridgehead atoms. The number of H-pyrrole nitrogens is 1. The Labute approximate surface area is 255 Å². The van der Waals surface area contributed by atoms with E-state index in [1.54, 1.807) is 12.1 Å². The van der Waals surface area contributed by atoms with E-state index in [1.165, 1.54) is 11.6 Å². The largest absolute Gasteiger partial charge is 0.494 e. The molecule has 1 aliphatic heterocycles. The van der Waals surface area contributed by atoms with Gasteiger partial charge < -0.3 is 14.7 Å². The van der Waals surface area contributed by atoms with E-state index >= 15 is 0 Å². The first kappa shape index (κ1) is 31.2. The minimum absolute atomic E-state index is 0.0108. The van der Waals surface area contributed by atoms with Crippen LogP contribution in [0.1, 0.15) is 80.8 Å². The summed E-state index contributed by atoms with van der Waals surface area (Å²) in [5.74, 6) is 0.914. The Kier molecular flexibility index (Phi) is 10.2. The molecule has 2 N–H and O–H groups in total. The first-order valence-electron chi connectivity index (χ1n) is 15.9. The van der Waals surface area contributed by atoms with Gasteiger partial charge in [-0.25, -0.2) is 4.39 Å². The van der Waals surface area contributed by atoms with E-state index in [0.29, 0.717) is 18.4 Å². The van der Waals surface area contributed by atoms with Gasteiger partial charge in [-0.2, -0.15) is 5.10 Å². The summed E-state index contributed by atoms with van der Waals surface area (Å²) in [7, 11) is 1.95. The lowest BCUT2D eigenvalue weighted by atomic mass is 9.87. The van der Waals surface area contributed by atoms with Crippen LogP contribution >= 0.6 is 0 Å². The van der Waals surface area contributed by atoms with Gasteiger partial charge in [-0.15, -0.1) is 0 Å². The Bertz CT molecular complexity index is 1330. The minimum Gasteiger partial charge on any atom is -0.494 e. The fourth-order valence-electron chi connectivity index (χ4n) is 7.44. The lowest BCUT2D eigenvalue weighted by Gasteiger charge is -2.35. The van der Waals surface area contributed by atoms with Crippen molar-refractivity contribution in [1.82, 2.24) is 20.0 Å². The number of hydrogen-bond donors (Lipinski definition) is 2. The molecule has 4 atom stereocenters. The molecule has 7 nitrogen and oxygen atoms in total. The van der Waals surface area contributed by atoms with Gasteiger partial charge in [-0.1, -0.05) is 38.1 Å². The number of halogens is 1. The van der Waals surface area contributed by atoms with Gasteiger partial charge in [0.05, 0.1) is 12.3 Å². The third kappa shape index (κ3) is 7.65. The van der Waals surface area contributed by atoms with Crippen molar-refractivity contribution in [3.63, 3.8) is 0 Å². The highest BCUT2D eigenvalue weighted by molar-refractivity contribution is 5.73. The highest BCUT2D eigenvalue weighted by Gasteiger charge is 2.41. The Morgan fingerprint density at radius 1 is 1.14 bits per heavy atom. The smallest absolute Gasteiger partial charge is 0.321 e. The van der Waals surface area contributed by atoms with Crippen LogP contribution in [0.5, 0.6) is 5.75 Å². The summed E-state index contributed by atoms with van der Waals surface area (Å²) < 4.78 is 19.8. The van der Waals surface area contributed by atoms with Crippen LogP contribution in [-0.4, -0.2) is 76.4 Å². The van der Waals surface area contributed by atoms with Crippen molar-refractivity contribution in [2.45, 2.75) is 76.8 Å². The maximum absolute atomic E-state index is 14.3. The molecule has 2 fully saturated rings. The van der Waals surface area contributed by atoms with E-state index in [-0.39, 0.29) is 23.7 Å². The summed E-state index contributed by atoms with van der Waals surface area (Å²) in [4.78, 5) is 16.7. The molecule has 0 amide bonds. The van der Waals surface area contributed by atoms with E-state index in [9.17, 15) is 14.3 Å². The lowest BCUT2D eigenvalue weighted by molar-refractivity contribution is -0.145. The van der Waals surface area contributed by atoms with Gasteiger partial charge in [0, 0.05) is 30.6 Å². The van der Waals surface area contributed by atoms with Crippen LogP contribution in [0.2, 0.25) is 0 Å². The Morgan fingerprint density at radius 3 is 2.53 bits per heavy atom. The number of likely N-dealkylation sites (tertiary alicyclic amines) is 1. The van der Waals surface area contributed by atoms with Crippen molar-refractivity contribution in [2.24, 2.45) is 11.8 Å². The molecule has 1 aromatic heterocycles. The standard InChI is InChI=1S/C35H47FN4O3/c1-5-43-31-11-9-24(10-12-31)17-29-20-33(38-37-29)25-13-15-40(16-14-25)22-27-19-30(39(4)34(23(2)3)35(41)42)21-32(27)26-7-6-8-28(36)18-26/h6-12,18,20,23,25,27,30,32,34H,5,13-17,19,21-22H2,1-4H3,(H,37,38)(H,41,42)/t27?,30?,32?,34-/m1/s1. The van der Waals surface area contributed by atoms with Gasteiger partial charge >= 0.3 is 5.97 Å². The van der Waals surface area contributed by atoms with E-state index in [1.807, 2.05) is 46.0 Å². The number of rotatable bonds is 12. The number of hydrogen-bond acceptors (Lipinski definition) is 5. The van der Waals surface area contributed by atoms with Crippen LogP contribution in [0, 0.1) is 17.7 Å². The number of aliphatic carboxylic acids is 1. The number of likely N-dealkylation sites (N-methyl/N-ethyl adjacent to an activating group) is 1. The maximum atomic E-state index is 14.3. The highest BCUT2D eigenvalue weighted by atomic mass is 19.1. The molecule has 5 rings (SSSR count). The van der Waals surface area contributed by atoms with Gasteiger partial charge in [0.15, 0.2) is 0 Å². The number of aromatic nitrogens is 2. The number of nitrogens with zero attached hydrogens (tertiary/aromatic N) is 3. The number of carbonyl (C=O) groups is 1. The quantitative estimate of drug-likeness (QED) is 0.257. The zero-order valence-corrected chi connectivity index (χ0v) is 26.0. The van der Waals surface area contributed by atoms with Gasteiger partial charge in [0.1, 0.15) is 17.6 Å². The number of piperidine rings is 1. The predicted molar refractivity (Wildman–Crippen MR) is 167 cm³/mol. The summed E-state index contributed by atoms with van der Waals surface area (Å²) in [5, 5.41) is 17.9.